The highest BCUT2D eigenvalue weighted by atomic mass is 16.5. The van der Waals surface area contributed by atoms with E-state index in [9.17, 15) is 9.59 Å². The van der Waals surface area contributed by atoms with E-state index < -0.39 is 0 Å². The quantitative estimate of drug-likeness (QED) is 0.569. The standard InChI is InChI=1S/C26H24N2O3/c1-17-10-13-19(14-11-17)23-24(27(3)20-8-6-5-7-9-20)26(30)28(25(23)29)21-16-18(2)12-15-22(21)31-4/h5-16H,1-4H3. The average molecular weight is 412 g/mol. The lowest BCUT2D eigenvalue weighted by molar-refractivity contribution is -0.120. The van der Waals surface area contributed by atoms with Gasteiger partial charge in [0.25, 0.3) is 11.8 Å². The highest BCUT2D eigenvalue weighted by Gasteiger charge is 2.43. The second-order valence-electron chi connectivity index (χ2n) is 7.61. The van der Waals surface area contributed by atoms with Gasteiger partial charge in [-0.25, -0.2) is 4.90 Å². The van der Waals surface area contributed by atoms with Crippen LogP contribution < -0.4 is 14.5 Å². The van der Waals surface area contributed by atoms with Gasteiger partial charge in [0, 0.05) is 12.7 Å². The Kier molecular flexibility index (Phi) is 5.34. The number of nitrogens with zero attached hydrogens (tertiary/aromatic N) is 2. The van der Waals surface area contributed by atoms with Crippen LogP contribution in [-0.4, -0.2) is 26.0 Å². The molecule has 1 aliphatic rings. The van der Waals surface area contributed by atoms with E-state index in [1.165, 1.54) is 12.0 Å². The molecule has 0 unspecified atom stereocenters. The minimum absolute atomic E-state index is 0.337. The van der Waals surface area contributed by atoms with Crippen molar-refractivity contribution in [3.63, 3.8) is 0 Å². The Balaban J connectivity index is 1.91. The summed E-state index contributed by atoms with van der Waals surface area (Å²) in [4.78, 5) is 30.4. The Bertz CT molecular complexity index is 1180. The van der Waals surface area contributed by atoms with Crippen molar-refractivity contribution in [3.05, 3.63) is 95.2 Å². The fraction of sp³-hybridized carbons (Fsp3) is 0.154. The lowest BCUT2D eigenvalue weighted by Gasteiger charge is -2.22. The first-order chi connectivity index (χ1) is 14.9. The molecule has 0 radical (unpaired) electrons. The van der Waals surface area contributed by atoms with E-state index in [1.54, 1.807) is 24.1 Å². The smallest absolute Gasteiger partial charge is 0.282 e. The van der Waals surface area contributed by atoms with Gasteiger partial charge in [-0.2, -0.15) is 0 Å². The van der Waals surface area contributed by atoms with Crippen LogP contribution >= 0.6 is 0 Å². The Hall–Kier alpha value is -3.86. The number of hydrogen-bond donors (Lipinski definition) is 0. The lowest BCUT2D eigenvalue weighted by Crippen LogP contribution is -2.34. The predicted octanol–water partition coefficient (Wildman–Crippen LogP) is 4.73. The van der Waals surface area contributed by atoms with E-state index in [0.29, 0.717) is 28.3 Å². The van der Waals surface area contributed by atoms with Crippen molar-refractivity contribution < 1.29 is 14.3 Å². The fourth-order valence-corrected chi connectivity index (χ4v) is 3.78. The molecule has 0 atom stereocenters. The summed E-state index contributed by atoms with van der Waals surface area (Å²) < 4.78 is 5.47. The molecular formula is C26H24N2O3. The second-order valence-corrected chi connectivity index (χ2v) is 7.61. The largest absolute Gasteiger partial charge is 0.495 e. The Morgan fingerprint density at radius 2 is 1.45 bits per heavy atom. The number of methoxy groups -OCH3 is 1. The number of aryl methyl sites for hydroxylation is 2. The van der Waals surface area contributed by atoms with Crippen LogP contribution in [-0.2, 0) is 9.59 Å². The third kappa shape index (κ3) is 3.59. The number of likely N-dealkylation sites (N-methyl/N-ethyl adjacent to an activating group) is 1. The van der Waals surface area contributed by atoms with Crippen molar-refractivity contribution in [2.45, 2.75) is 13.8 Å². The minimum Gasteiger partial charge on any atom is -0.495 e. The van der Waals surface area contributed by atoms with Gasteiger partial charge in [0.15, 0.2) is 0 Å². The summed E-state index contributed by atoms with van der Waals surface area (Å²) in [6.07, 6.45) is 0. The number of amides is 2. The number of benzene rings is 3. The van der Waals surface area contributed by atoms with Gasteiger partial charge in [0.1, 0.15) is 11.4 Å². The molecule has 0 aliphatic carbocycles. The molecule has 0 saturated carbocycles. The highest BCUT2D eigenvalue weighted by Crippen LogP contribution is 2.39. The summed E-state index contributed by atoms with van der Waals surface area (Å²) in [5.74, 6) is -0.273. The number of hydrogen-bond acceptors (Lipinski definition) is 4. The molecule has 31 heavy (non-hydrogen) atoms. The molecule has 2 amide bonds. The van der Waals surface area contributed by atoms with Crippen LogP contribution in [0, 0.1) is 13.8 Å². The monoisotopic (exact) mass is 412 g/mol. The summed E-state index contributed by atoms with van der Waals surface area (Å²) >= 11 is 0. The molecule has 5 nitrogen and oxygen atoms in total. The van der Waals surface area contributed by atoms with Crippen LogP contribution in [0.25, 0.3) is 5.57 Å². The molecule has 1 heterocycles. The fourth-order valence-electron chi connectivity index (χ4n) is 3.78. The number of carbonyl (C=O) groups is 2. The molecule has 3 aromatic carbocycles. The first-order valence-electron chi connectivity index (χ1n) is 10.1. The van der Waals surface area contributed by atoms with Crippen molar-refractivity contribution in [2.24, 2.45) is 0 Å². The molecule has 4 rings (SSSR count). The lowest BCUT2D eigenvalue weighted by atomic mass is 10.0. The van der Waals surface area contributed by atoms with E-state index in [4.69, 9.17) is 4.74 Å². The number of anilines is 2. The number of carbonyl (C=O) groups excluding carboxylic acids is 2. The molecule has 1 aliphatic heterocycles. The molecule has 0 fully saturated rings. The summed E-state index contributed by atoms with van der Waals surface area (Å²) in [5, 5.41) is 0. The molecular weight excluding hydrogens is 388 g/mol. The maximum absolute atomic E-state index is 13.7. The highest BCUT2D eigenvalue weighted by molar-refractivity contribution is 6.46. The van der Waals surface area contributed by atoms with Crippen LogP contribution in [0.5, 0.6) is 5.75 Å². The van der Waals surface area contributed by atoms with Crippen LogP contribution in [0.15, 0.2) is 78.5 Å². The summed E-state index contributed by atoms with van der Waals surface area (Å²) in [6, 6.07) is 22.6. The Morgan fingerprint density at radius 3 is 2.10 bits per heavy atom. The van der Waals surface area contributed by atoms with Crippen molar-refractivity contribution in [2.75, 3.05) is 24.0 Å². The third-order valence-electron chi connectivity index (χ3n) is 5.45. The van der Waals surface area contributed by atoms with Gasteiger partial charge in [0.2, 0.25) is 0 Å². The van der Waals surface area contributed by atoms with E-state index >= 15 is 0 Å². The normalized spacial score (nSPS) is 13.7. The van der Waals surface area contributed by atoms with E-state index in [2.05, 4.69) is 0 Å². The van der Waals surface area contributed by atoms with Crippen LogP contribution in [0.1, 0.15) is 16.7 Å². The van der Waals surface area contributed by atoms with Gasteiger partial charge in [-0.3, -0.25) is 9.59 Å². The zero-order valence-electron chi connectivity index (χ0n) is 18.0. The first-order valence-corrected chi connectivity index (χ1v) is 10.1. The van der Waals surface area contributed by atoms with Gasteiger partial charge in [-0.1, -0.05) is 54.1 Å². The van der Waals surface area contributed by atoms with Crippen LogP contribution in [0.3, 0.4) is 0 Å². The zero-order valence-corrected chi connectivity index (χ0v) is 18.0. The maximum atomic E-state index is 13.7. The predicted molar refractivity (Wildman–Crippen MR) is 123 cm³/mol. The van der Waals surface area contributed by atoms with Crippen LogP contribution in [0.2, 0.25) is 0 Å². The van der Waals surface area contributed by atoms with Gasteiger partial charge in [-0.15, -0.1) is 0 Å². The first kappa shape index (κ1) is 20.4. The molecule has 0 saturated heterocycles. The van der Waals surface area contributed by atoms with Gasteiger partial charge < -0.3 is 9.64 Å². The maximum Gasteiger partial charge on any atom is 0.282 e. The van der Waals surface area contributed by atoms with Gasteiger partial charge in [0.05, 0.1) is 18.4 Å². The number of rotatable bonds is 5. The number of para-hydroxylation sites is 1. The van der Waals surface area contributed by atoms with Crippen molar-refractivity contribution in [1.82, 2.24) is 0 Å². The second kappa shape index (κ2) is 8.11. The SMILES string of the molecule is COc1ccc(C)cc1N1C(=O)C(c2ccc(C)cc2)=C(N(C)c2ccccc2)C1=O. The molecule has 0 aromatic heterocycles. The minimum atomic E-state index is -0.379. The van der Waals surface area contributed by atoms with Crippen LogP contribution in [0.4, 0.5) is 11.4 Å². The van der Waals surface area contributed by atoms with E-state index in [-0.39, 0.29) is 11.8 Å². The molecule has 0 N–H and O–H groups in total. The number of ether oxygens (including phenoxy) is 1. The third-order valence-corrected chi connectivity index (χ3v) is 5.45. The summed E-state index contributed by atoms with van der Waals surface area (Å²) in [5.41, 5.74) is 4.69. The Labute approximate surface area is 182 Å². The average Bonchev–Trinajstić information content (AvgIpc) is 3.04. The van der Waals surface area contributed by atoms with Crippen molar-refractivity contribution in [3.8, 4) is 5.75 Å². The van der Waals surface area contributed by atoms with E-state index in [1.807, 2.05) is 74.5 Å². The summed E-state index contributed by atoms with van der Waals surface area (Å²) in [7, 11) is 3.34. The molecule has 5 heteroatoms. The van der Waals surface area contributed by atoms with Gasteiger partial charge in [-0.05, 0) is 49.2 Å². The Morgan fingerprint density at radius 1 is 0.806 bits per heavy atom. The van der Waals surface area contributed by atoms with Crippen molar-refractivity contribution in [1.29, 1.82) is 0 Å². The van der Waals surface area contributed by atoms with Crippen molar-refractivity contribution >= 4 is 28.8 Å². The molecule has 0 bridgehead atoms. The van der Waals surface area contributed by atoms with E-state index in [0.717, 1.165) is 16.8 Å². The van der Waals surface area contributed by atoms with Gasteiger partial charge >= 0.3 is 0 Å². The molecule has 0 spiro atoms. The molecule has 3 aromatic rings. The number of imide groups is 1. The molecule has 156 valence electrons. The zero-order chi connectivity index (χ0) is 22.1. The summed E-state index contributed by atoms with van der Waals surface area (Å²) in [6.45, 7) is 3.90. The topological polar surface area (TPSA) is 49.9 Å².